The van der Waals surface area contributed by atoms with Crippen LogP contribution in [0.4, 0.5) is 0 Å². The SMILES string of the molecule is Cc1ccc(C(CSC2CCCCC2)NN)cc1. The van der Waals surface area contributed by atoms with E-state index in [1.807, 2.05) is 0 Å². The Morgan fingerprint density at radius 3 is 2.50 bits per heavy atom. The molecule has 0 spiro atoms. The molecule has 1 saturated carbocycles. The van der Waals surface area contributed by atoms with Gasteiger partial charge in [0.25, 0.3) is 0 Å². The molecule has 18 heavy (non-hydrogen) atoms. The van der Waals surface area contributed by atoms with Crippen LogP contribution in [0.5, 0.6) is 0 Å². The molecule has 3 heteroatoms. The summed E-state index contributed by atoms with van der Waals surface area (Å²) in [5.74, 6) is 6.77. The van der Waals surface area contributed by atoms with Crippen LogP contribution in [0.25, 0.3) is 0 Å². The fourth-order valence-corrected chi connectivity index (χ4v) is 3.92. The van der Waals surface area contributed by atoms with Crippen molar-refractivity contribution in [3.8, 4) is 0 Å². The zero-order valence-electron chi connectivity index (χ0n) is 11.2. The molecule has 1 atom stereocenters. The van der Waals surface area contributed by atoms with Gasteiger partial charge in [0, 0.05) is 11.0 Å². The molecule has 0 aliphatic heterocycles. The first-order valence-corrected chi connectivity index (χ1v) is 7.99. The first kappa shape index (κ1) is 13.9. The number of nitrogens with one attached hydrogen (secondary N) is 1. The minimum Gasteiger partial charge on any atom is -0.271 e. The molecule has 0 aromatic heterocycles. The maximum atomic E-state index is 5.70. The van der Waals surface area contributed by atoms with E-state index in [1.165, 1.54) is 43.2 Å². The summed E-state index contributed by atoms with van der Waals surface area (Å²) in [6.07, 6.45) is 7.01. The van der Waals surface area contributed by atoms with Crippen molar-refractivity contribution in [1.29, 1.82) is 0 Å². The van der Waals surface area contributed by atoms with Crippen molar-refractivity contribution in [1.82, 2.24) is 5.43 Å². The number of hydrogen-bond acceptors (Lipinski definition) is 3. The van der Waals surface area contributed by atoms with Crippen molar-refractivity contribution >= 4 is 11.8 Å². The number of hydrogen-bond donors (Lipinski definition) is 2. The summed E-state index contributed by atoms with van der Waals surface area (Å²) in [4.78, 5) is 0. The lowest BCUT2D eigenvalue weighted by Crippen LogP contribution is -2.30. The summed E-state index contributed by atoms with van der Waals surface area (Å²) < 4.78 is 0. The van der Waals surface area contributed by atoms with Crippen LogP contribution in [0.3, 0.4) is 0 Å². The topological polar surface area (TPSA) is 38.0 Å². The zero-order valence-corrected chi connectivity index (χ0v) is 12.0. The standard InChI is InChI=1S/C15H24N2S/c1-12-7-9-13(10-8-12)15(17-16)11-18-14-5-3-2-4-6-14/h7-10,14-15,17H,2-6,11,16H2,1H3. The quantitative estimate of drug-likeness (QED) is 0.631. The van der Waals surface area contributed by atoms with Gasteiger partial charge in [0.1, 0.15) is 0 Å². The van der Waals surface area contributed by atoms with E-state index in [0.29, 0.717) is 0 Å². The monoisotopic (exact) mass is 264 g/mol. The normalized spacial score (nSPS) is 18.8. The summed E-state index contributed by atoms with van der Waals surface area (Å²) >= 11 is 2.09. The van der Waals surface area contributed by atoms with Gasteiger partial charge < -0.3 is 0 Å². The molecule has 0 radical (unpaired) electrons. The Morgan fingerprint density at radius 2 is 1.89 bits per heavy atom. The van der Waals surface area contributed by atoms with Gasteiger partial charge in [-0.15, -0.1) is 0 Å². The van der Waals surface area contributed by atoms with Crippen LogP contribution >= 0.6 is 11.8 Å². The van der Waals surface area contributed by atoms with Gasteiger partial charge in [-0.05, 0) is 25.3 Å². The predicted molar refractivity (Wildman–Crippen MR) is 80.6 cm³/mol. The number of nitrogens with two attached hydrogens (primary N) is 1. The summed E-state index contributed by atoms with van der Waals surface area (Å²) in [7, 11) is 0. The Hall–Kier alpha value is -0.510. The van der Waals surface area contributed by atoms with Gasteiger partial charge in [-0.1, -0.05) is 49.1 Å². The molecule has 1 aliphatic rings. The molecule has 0 amide bonds. The predicted octanol–water partition coefficient (Wildman–Crippen LogP) is 3.57. The van der Waals surface area contributed by atoms with Crippen molar-refractivity contribution in [2.24, 2.45) is 5.84 Å². The molecule has 2 nitrogen and oxygen atoms in total. The summed E-state index contributed by atoms with van der Waals surface area (Å²) in [6.45, 7) is 2.12. The Kier molecular flexibility index (Phi) is 5.54. The third-order valence-corrected chi connectivity index (χ3v) is 5.20. The first-order chi connectivity index (χ1) is 8.79. The summed E-state index contributed by atoms with van der Waals surface area (Å²) in [5.41, 5.74) is 5.55. The van der Waals surface area contributed by atoms with Gasteiger partial charge in [-0.3, -0.25) is 11.3 Å². The smallest absolute Gasteiger partial charge is 0.0550 e. The van der Waals surface area contributed by atoms with Gasteiger partial charge in [0.15, 0.2) is 0 Å². The maximum absolute atomic E-state index is 5.70. The number of aryl methyl sites for hydroxylation is 1. The molecule has 1 unspecified atom stereocenters. The molecule has 0 bridgehead atoms. The molecule has 2 rings (SSSR count). The van der Waals surface area contributed by atoms with E-state index in [9.17, 15) is 0 Å². The van der Waals surface area contributed by atoms with E-state index in [2.05, 4.69) is 48.4 Å². The van der Waals surface area contributed by atoms with Crippen LogP contribution in [-0.4, -0.2) is 11.0 Å². The van der Waals surface area contributed by atoms with E-state index in [-0.39, 0.29) is 6.04 Å². The number of benzene rings is 1. The molecule has 1 aliphatic carbocycles. The van der Waals surface area contributed by atoms with E-state index in [1.54, 1.807) is 0 Å². The van der Waals surface area contributed by atoms with Crippen LogP contribution < -0.4 is 11.3 Å². The highest BCUT2D eigenvalue weighted by molar-refractivity contribution is 7.99. The molecule has 1 fully saturated rings. The molecule has 0 saturated heterocycles. The molecule has 1 aromatic carbocycles. The van der Waals surface area contributed by atoms with Crippen LogP contribution in [0.2, 0.25) is 0 Å². The minimum absolute atomic E-state index is 0.275. The van der Waals surface area contributed by atoms with Crippen molar-refractivity contribution in [3.63, 3.8) is 0 Å². The Bertz CT molecular complexity index is 344. The number of hydrazine groups is 1. The van der Waals surface area contributed by atoms with Crippen molar-refractivity contribution < 1.29 is 0 Å². The Balaban J connectivity index is 1.86. The zero-order chi connectivity index (χ0) is 12.8. The third-order valence-electron chi connectivity index (χ3n) is 3.73. The van der Waals surface area contributed by atoms with Crippen LogP contribution in [-0.2, 0) is 0 Å². The second-order valence-electron chi connectivity index (χ2n) is 5.22. The van der Waals surface area contributed by atoms with Crippen LogP contribution in [0, 0.1) is 6.92 Å². The maximum Gasteiger partial charge on any atom is 0.0550 e. The number of rotatable bonds is 5. The highest BCUT2D eigenvalue weighted by Crippen LogP contribution is 2.30. The second-order valence-corrected chi connectivity index (χ2v) is 6.56. The lowest BCUT2D eigenvalue weighted by Gasteiger charge is -2.24. The van der Waals surface area contributed by atoms with Crippen LogP contribution in [0.15, 0.2) is 24.3 Å². The highest BCUT2D eigenvalue weighted by atomic mass is 32.2. The largest absolute Gasteiger partial charge is 0.271 e. The van der Waals surface area contributed by atoms with E-state index >= 15 is 0 Å². The average Bonchev–Trinajstić information content (AvgIpc) is 2.42. The summed E-state index contributed by atoms with van der Waals surface area (Å²) in [5, 5.41) is 0.847. The second kappa shape index (κ2) is 7.17. The van der Waals surface area contributed by atoms with E-state index in [4.69, 9.17) is 5.84 Å². The van der Waals surface area contributed by atoms with Crippen molar-refractivity contribution in [3.05, 3.63) is 35.4 Å². The molecule has 1 aromatic rings. The molecule has 100 valence electrons. The van der Waals surface area contributed by atoms with Gasteiger partial charge in [-0.25, -0.2) is 0 Å². The fraction of sp³-hybridized carbons (Fsp3) is 0.600. The number of thioether (sulfide) groups is 1. The lowest BCUT2D eigenvalue weighted by molar-refractivity contribution is 0.514. The van der Waals surface area contributed by atoms with Crippen molar-refractivity contribution in [2.45, 2.75) is 50.3 Å². The Labute approximate surface area is 115 Å². The lowest BCUT2D eigenvalue weighted by atomic mass is 10.0. The van der Waals surface area contributed by atoms with Gasteiger partial charge in [0.05, 0.1) is 6.04 Å². The van der Waals surface area contributed by atoms with Gasteiger partial charge in [0.2, 0.25) is 0 Å². The molecular formula is C15H24N2S. The summed E-state index contributed by atoms with van der Waals surface area (Å²) in [6, 6.07) is 8.95. The van der Waals surface area contributed by atoms with E-state index in [0.717, 1.165) is 11.0 Å². The highest BCUT2D eigenvalue weighted by Gasteiger charge is 2.17. The first-order valence-electron chi connectivity index (χ1n) is 6.94. The fourth-order valence-electron chi connectivity index (χ4n) is 2.50. The molecule has 0 heterocycles. The Morgan fingerprint density at radius 1 is 1.22 bits per heavy atom. The van der Waals surface area contributed by atoms with Gasteiger partial charge in [-0.2, -0.15) is 11.8 Å². The molecule has 3 N–H and O–H groups in total. The molecular weight excluding hydrogens is 240 g/mol. The van der Waals surface area contributed by atoms with Gasteiger partial charge >= 0.3 is 0 Å². The minimum atomic E-state index is 0.275. The van der Waals surface area contributed by atoms with Crippen molar-refractivity contribution in [2.75, 3.05) is 5.75 Å². The third kappa shape index (κ3) is 4.01. The average molecular weight is 264 g/mol. The van der Waals surface area contributed by atoms with Crippen LogP contribution in [0.1, 0.15) is 49.3 Å². The van der Waals surface area contributed by atoms with E-state index < -0.39 is 0 Å².